The Labute approximate surface area is 160 Å². The number of carbonyl (C=O) groups is 1. The van der Waals surface area contributed by atoms with Crippen LogP contribution in [0.5, 0.6) is 0 Å². The molecule has 0 aliphatic carbocycles. The molecule has 1 aromatic carbocycles. The number of rotatable bonds is 3. The highest BCUT2D eigenvalue weighted by Crippen LogP contribution is 2.26. The first-order valence-corrected chi connectivity index (χ1v) is 10.6. The quantitative estimate of drug-likeness (QED) is 0.765. The van der Waals surface area contributed by atoms with Crippen molar-refractivity contribution >= 4 is 50.5 Å². The molecule has 0 spiro atoms. The first-order valence-electron chi connectivity index (χ1n) is 7.60. The van der Waals surface area contributed by atoms with Crippen LogP contribution < -0.4 is 0 Å². The van der Waals surface area contributed by atoms with E-state index in [4.69, 9.17) is 23.2 Å². The summed E-state index contributed by atoms with van der Waals surface area (Å²) in [4.78, 5) is 15.2. The third-order valence-corrected chi connectivity index (χ3v) is 7.93. The molecule has 1 aromatic heterocycles. The normalized spacial score (nSPS) is 16.2. The summed E-state index contributed by atoms with van der Waals surface area (Å²) in [6.45, 7) is 3.00. The summed E-state index contributed by atoms with van der Waals surface area (Å²) in [5.41, 5.74) is 0.333. The van der Waals surface area contributed by atoms with Crippen molar-refractivity contribution in [2.24, 2.45) is 0 Å². The monoisotopic (exact) mass is 418 g/mol. The molecule has 2 aromatic rings. The maximum atomic E-state index is 12.6. The van der Waals surface area contributed by atoms with Gasteiger partial charge in [-0.3, -0.25) is 4.79 Å². The zero-order valence-electron chi connectivity index (χ0n) is 13.4. The topological polar surface area (TPSA) is 57.7 Å². The molecule has 0 atom stereocenters. The molecule has 0 saturated carbocycles. The molecule has 1 aliphatic rings. The van der Waals surface area contributed by atoms with Gasteiger partial charge in [-0.05, 0) is 37.3 Å². The summed E-state index contributed by atoms with van der Waals surface area (Å²) in [6.07, 6.45) is 0. The number of benzene rings is 1. The van der Waals surface area contributed by atoms with Gasteiger partial charge in [0.05, 0.1) is 10.6 Å². The second kappa shape index (κ2) is 7.25. The molecule has 134 valence electrons. The lowest BCUT2D eigenvalue weighted by Gasteiger charge is -2.33. The van der Waals surface area contributed by atoms with Crippen LogP contribution in [0.25, 0.3) is 0 Å². The molecule has 0 unspecified atom stereocenters. The van der Waals surface area contributed by atoms with Crippen LogP contribution in [0.4, 0.5) is 0 Å². The summed E-state index contributed by atoms with van der Waals surface area (Å²) in [7, 11) is -3.50. The molecular weight excluding hydrogens is 403 g/mol. The number of nitrogens with zero attached hydrogens (tertiary/aromatic N) is 2. The number of carbonyl (C=O) groups excluding carboxylic acids is 1. The van der Waals surface area contributed by atoms with E-state index in [1.54, 1.807) is 29.2 Å². The summed E-state index contributed by atoms with van der Waals surface area (Å²) >= 11 is 13.3. The van der Waals surface area contributed by atoms with Crippen molar-refractivity contribution in [3.8, 4) is 0 Å². The third-order valence-electron chi connectivity index (χ3n) is 3.99. The van der Waals surface area contributed by atoms with Gasteiger partial charge in [0, 0.05) is 36.1 Å². The van der Waals surface area contributed by atoms with Gasteiger partial charge in [-0.25, -0.2) is 8.42 Å². The van der Waals surface area contributed by atoms with Gasteiger partial charge in [0.25, 0.3) is 15.9 Å². The number of hydrogen-bond acceptors (Lipinski definition) is 4. The first kappa shape index (κ1) is 18.7. The van der Waals surface area contributed by atoms with Crippen LogP contribution in [0, 0.1) is 6.92 Å². The zero-order chi connectivity index (χ0) is 18.2. The molecule has 1 fully saturated rings. The number of piperazine rings is 1. The van der Waals surface area contributed by atoms with E-state index < -0.39 is 10.0 Å². The van der Waals surface area contributed by atoms with E-state index in [2.05, 4.69) is 0 Å². The summed E-state index contributed by atoms with van der Waals surface area (Å²) in [6, 6.07) is 8.14. The third kappa shape index (κ3) is 3.85. The number of sulfonamides is 1. The van der Waals surface area contributed by atoms with Gasteiger partial charge in [-0.15, -0.1) is 11.3 Å². The van der Waals surface area contributed by atoms with Crippen LogP contribution in [0.3, 0.4) is 0 Å². The van der Waals surface area contributed by atoms with Crippen molar-refractivity contribution in [3.63, 3.8) is 0 Å². The van der Waals surface area contributed by atoms with Gasteiger partial charge < -0.3 is 4.90 Å². The number of thiophene rings is 1. The summed E-state index contributed by atoms with van der Waals surface area (Å²) in [5.74, 6) is -0.239. The largest absolute Gasteiger partial charge is 0.336 e. The highest BCUT2D eigenvalue weighted by atomic mass is 35.5. The molecule has 25 heavy (non-hydrogen) atoms. The molecule has 0 radical (unpaired) electrons. The highest BCUT2D eigenvalue weighted by Gasteiger charge is 2.31. The minimum atomic E-state index is -3.50. The van der Waals surface area contributed by atoms with Crippen LogP contribution in [0.15, 0.2) is 34.5 Å². The van der Waals surface area contributed by atoms with Crippen LogP contribution in [0.1, 0.15) is 15.2 Å². The standard InChI is InChI=1S/C16H16Cl2N2O3S2/c1-11-2-5-15(24-11)25(22,23)20-8-6-19(7-9-20)16(21)13-10-12(17)3-4-14(13)18/h2-5,10H,6-9H2,1H3. The predicted octanol–water partition coefficient (Wildman–Crippen LogP) is 3.51. The van der Waals surface area contributed by atoms with E-state index in [9.17, 15) is 13.2 Å². The van der Waals surface area contributed by atoms with Crippen LogP contribution >= 0.6 is 34.5 Å². The molecule has 2 heterocycles. The van der Waals surface area contributed by atoms with Gasteiger partial charge in [0.15, 0.2) is 0 Å². The Morgan fingerprint density at radius 1 is 1.08 bits per heavy atom. The molecule has 3 rings (SSSR count). The van der Waals surface area contributed by atoms with Crippen LogP contribution in [0.2, 0.25) is 10.0 Å². The second-order valence-electron chi connectivity index (χ2n) is 5.69. The van der Waals surface area contributed by atoms with Crippen molar-refractivity contribution in [3.05, 3.63) is 50.8 Å². The molecule has 9 heteroatoms. The number of halogens is 2. The predicted molar refractivity (Wildman–Crippen MR) is 100 cm³/mol. The Balaban J connectivity index is 1.71. The lowest BCUT2D eigenvalue weighted by Crippen LogP contribution is -2.50. The Bertz CT molecular complexity index is 904. The average Bonchev–Trinajstić information content (AvgIpc) is 3.04. The Kier molecular flexibility index (Phi) is 5.41. The molecule has 1 amide bonds. The maximum Gasteiger partial charge on any atom is 0.255 e. The molecule has 1 saturated heterocycles. The van der Waals surface area contributed by atoms with Gasteiger partial charge >= 0.3 is 0 Å². The number of amides is 1. The molecule has 5 nitrogen and oxygen atoms in total. The van der Waals surface area contributed by atoms with Crippen molar-refractivity contribution < 1.29 is 13.2 Å². The van der Waals surface area contributed by atoms with E-state index in [-0.39, 0.29) is 19.0 Å². The van der Waals surface area contributed by atoms with Crippen LogP contribution in [-0.4, -0.2) is 49.7 Å². The van der Waals surface area contributed by atoms with Gasteiger partial charge in [-0.1, -0.05) is 23.2 Å². The van der Waals surface area contributed by atoms with E-state index >= 15 is 0 Å². The average molecular weight is 419 g/mol. The maximum absolute atomic E-state index is 12.6. The number of aryl methyl sites for hydroxylation is 1. The SMILES string of the molecule is Cc1ccc(S(=O)(=O)N2CCN(C(=O)c3cc(Cl)ccc3Cl)CC2)s1. The zero-order valence-corrected chi connectivity index (χ0v) is 16.6. The first-order chi connectivity index (χ1) is 11.8. The molecule has 1 aliphatic heterocycles. The Hall–Kier alpha value is -1.12. The molecule has 0 N–H and O–H groups in total. The second-order valence-corrected chi connectivity index (χ2v) is 9.98. The Morgan fingerprint density at radius 3 is 2.36 bits per heavy atom. The molecule has 0 bridgehead atoms. The van der Waals surface area contributed by atoms with E-state index in [1.165, 1.54) is 21.7 Å². The lowest BCUT2D eigenvalue weighted by molar-refractivity contribution is 0.0698. The summed E-state index contributed by atoms with van der Waals surface area (Å²) in [5, 5.41) is 0.764. The Morgan fingerprint density at radius 2 is 1.76 bits per heavy atom. The summed E-state index contributed by atoms with van der Waals surface area (Å²) < 4.78 is 27.0. The fraction of sp³-hybridized carbons (Fsp3) is 0.312. The fourth-order valence-electron chi connectivity index (χ4n) is 2.64. The van der Waals surface area contributed by atoms with E-state index in [0.717, 1.165) is 4.88 Å². The van der Waals surface area contributed by atoms with Crippen molar-refractivity contribution in [1.29, 1.82) is 0 Å². The number of hydrogen-bond donors (Lipinski definition) is 0. The molecular formula is C16H16Cl2N2O3S2. The van der Waals surface area contributed by atoms with Gasteiger partial charge in [0.2, 0.25) is 0 Å². The van der Waals surface area contributed by atoms with Crippen molar-refractivity contribution in [2.45, 2.75) is 11.1 Å². The van der Waals surface area contributed by atoms with E-state index in [0.29, 0.717) is 32.9 Å². The van der Waals surface area contributed by atoms with Crippen molar-refractivity contribution in [1.82, 2.24) is 9.21 Å². The lowest BCUT2D eigenvalue weighted by atomic mass is 10.2. The van der Waals surface area contributed by atoms with Gasteiger partial charge in [0.1, 0.15) is 4.21 Å². The highest BCUT2D eigenvalue weighted by molar-refractivity contribution is 7.91. The fourth-order valence-corrected chi connectivity index (χ4v) is 5.87. The van der Waals surface area contributed by atoms with E-state index in [1.807, 2.05) is 6.92 Å². The van der Waals surface area contributed by atoms with Crippen LogP contribution in [-0.2, 0) is 10.0 Å². The van der Waals surface area contributed by atoms with Gasteiger partial charge in [-0.2, -0.15) is 4.31 Å². The smallest absolute Gasteiger partial charge is 0.255 e. The minimum absolute atomic E-state index is 0.239. The minimum Gasteiger partial charge on any atom is -0.336 e. The van der Waals surface area contributed by atoms with Crippen molar-refractivity contribution in [2.75, 3.05) is 26.2 Å².